The van der Waals surface area contributed by atoms with Crippen LogP contribution < -0.4 is 0 Å². The first kappa shape index (κ1) is 15.5. The summed E-state index contributed by atoms with van der Waals surface area (Å²) in [5.41, 5.74) is 0. The average molecular weight is 273 g/mol. The molecule has 0 aromatic carbocycles. The first-order valence-corrected chi connectivity index (χ1v) is 7.51. The van der Waals surface area contributed by atoms with Crippen molar-refractivity contribution in [3.05, 3.63) is 0 Å². The van der Waals surface area contributed by atoms with E-state index in [0.29, 0.717) is 24.6 Å². The molecular weight excluding hydrogens is 250 g/mol. The van der Waals surface area contributed by atoms with Crippen molar-refractivity contribution in [2.75, 3.05) is 18.9 Å². The second-order valence-electron chi connectivity index (χ2n) is 5.05. The molecule has 0 aromatic rings. The zero-order valence-corrected chi connectivity index (χ0v) is 12.2. The van der Waals surface area contributed by atoms with Gasteiger partial charge in [-0.25, -0.2) is 0 Å². The van der Waals surface area contributed by atoms with Crippen molar-refractivity contribution in [3.8, 4) is 0 Å². The molecule has 1 amide bonds. The largest absolute Gasteiger partial charge is 0.394 e. The molecule has 1 heterocycles. The number of likely N-dealkylation sites (tertiary alicyclic amines) is 1. The highest BCUT2D eigenvalue weighted by Gasteiger charge is 2.35. The van der Waals surface area contributed by atoms with Gasteiger partial charge in [0.05, 0.1) is 12.6 Å². The standard InChI is InChI=1S/C13H23NO3S/c1-4-9(2)12(7-15)14-6-11(5-13(14)17)8-18-10(3)16/h9,11-12,15H,4-8H2,1-3H3/t9-,11?,12+/m0/s1. The number of thioether (sulfide) groups is 1. The first-order valence-electron chi connectivity index (χ1n) is 6.53. The van der Waals surface area contributed by atoms with Crippen molar-refractivity contribution in [3.63, 3.8) is 0 Å². The topological polar surface area (TPSA) is 57.6 Å². The van der Waals surface area contributed by atoms with Crippen molar-refractivity contribution in [2.45, 2.75) is 39.7 Å². The van der Waals surface area contributed by atoms with Crippen LogP contribution in [-0.2, 0) is 9.59 Å². The predicted molar refractivity (Wildman–Crippen MR) is 73.3 cm³/mol. The van der Waals surface area contributed by atoms with E-state index in [1.807, 2.05) is 0 Å². The van der Waals surface area contributed by atoms with E-state index in [1.54, 1.807) is 11.8 Å². The molecule has 18 heavy (non-hydrogen) atoms. The lowest BCUT2D eigenvalue weighted by Gasteiger charge is -2.31. The van der Waals surface area contributed by atoms with Crippen LogP contribution in [0, 0.1) is 11.8 Å². The van der Waals surface area contributed by atoms with Crippen molar-refractivity contribution < 1.29 is 14.7 Å². The lowest BCUT2D eigenvalue weighted by atomic mass is 9.98. The Morgan fingerprint density at radius 3 is 2.78 bits per heavy atom. The van der Waals surface area contributed by atoms with Gasteiger partial charge in [-0.3, -0.25) is 9.59 Å². The van der Waals surface area contributed by atoms with Gasteiger partial charge in [0.15, 0.2) is 5.12 Å². The average Bonchev–Trinajstić information content (AvgIpc) is 2.69. The van der Waals surface area contributed by atoms with Crippen molar-refractivity contribution >= 4 is 22.8 Å². The Bertz CT molecular complexity index is 309. The van der Waals surface area contributed by atoms with Gasteiger partial charge < -0.3 is 10.0 Å². The number of hydrogen-bond acceptors (Lipinski definition) is 4. The number of aliphatic hydroxyl groups is 1. The number of rotatable bonds is 6. The summed E-state index contributed by atoms with van der Waals surface area (Å²) in [5, 5.41) is 9.56. The number of carbonyl (C=O) groups is 2. The lowest BCUT2D eigenvalue weighted by Crippen LogP contribution is -2.43. The molecule has 1 unspecified atom stereocenters. The third kappa shape index (κ3) is 3.99. The summed E-state index contributed by atoms with van der Waals surface area (Å²) in [6.45, 7) is 6.37. The molecule has 0 saturated carbocycles. The highest BCUT2D eigenvalue weighted by molar-refractivity contribution is 8.13. The Morgan fingerprint density at radius 1 is 1.61 bits per heavy atom. The van der Waals surface area contributed by atoms with E-state index in [1.165, 1.54) is 11.8 Å². The predicted octanol–water partition coefficient (Wildman–Crippen LogP) is 1.52. The molecule has 0 aliphatic carbocycles. The van der Waals surface area contributed by atoms with Crippen LogP contribution in [0.4, 0.5) is 0 Å². The van der Waals surface area contributed by atoms with Gasteiger partial charge in [-0.15, -0.1) is 0 Å². The van der Waals surface area contributed by atoms with Gasteiger partial charge in [0, 0.05) is 25.6 Å². The smallest absolute Gasteiger partial charge is 0.223 e. The van der Waals surface area contributed by atoms with E-state index in [4.69, 9.17) is 0 Å². The summed E-state index contributed by atoms with van der Waals surface area (Å²) in [6.07, 6.45) is 1.45. The maximum absolute atomic E-state index is 12.0. The Balaban J connectivity index is 2.57. The molecule has 5 heteroatoms. The van der Waals surface area contributed by atoms with Crippen LogP contribution in [-0.4, -0.2) is 46.0 Å². The van der Waals surface area contributed by atoms with Gasteiger partial charge in [-0.05, 0) is 11.8 Å². The first-order chi connectivity index (χ1) is 8.49. The lowest BCUT2D eigenvalue weighted by molar-refractivity contribution is -0.131. The SMILES string of the molecule is CC[C@H](C)[C@@H](CO)N1CC(CSC(C)=O)CC1=O. The Labute approximate surface area is 113 Å². The van der Waals surface area contributed by atoms with E-state index in [0.717, 1.165) is 6.42 Å². The van der Waals surface area contributed by atoms with Crippen molar-refractivity contribution in [2.24, 2.45) is 11.8 Å². The zero-order valence-electron chi connectivity index (χ0n) is 11.4. The van der Waals surface area contributed by atoms with Crippen LogP contribution in [0.3, 0.4) is 0 Å². The molecule has 4 nitrogen and oxygen atoms in total. The van der Waals surface area contributed by atoms with Gasteiger partial charge in [-0.2, -0.15) is 0 Å². The summed E-state index contributed by atoms with van der Waals surface area (Å²) >= 11 is 1.29. The molecule has 0 bridgehead atoms. The molecule has 1 rings (SSSR count). The van der Waals surface area contributed by atoms with Crippen LogP contribution in [0.5, 0.6) is 0 Å². The summed E-state index contributed by atoms with van der Waals surface area (Å²) in [4.78, 5) is 24.7. The fourth-order valence-corrected chi connectivity index (χ4v) is 3.03. The summed E-state index contributed by atoms with van der Waals surface area (Å²) in [7, 11) is 0. The highest BCUT2D eigenvalue weighted by atomic mass is 32.2. The van der Waals surface area contributed by atoms with Crippen LogP contribution in [0.25, 0.3) is 0 Å². The third-order valence-corrected chi connectivity index (χ3v) is 4.69. The Hall–Kier alpha value is -0.550. The second-order valence-corrected chi connectivity index (χ2v) is 6.25. The van der Waals surface area contributed by atoms with Crippen molar-refractivity contribution in [1.29, 1.82) is 0 Å². The number of amides is 1. The Kier molecular flexibility index (Phi) is 6.15. The zero-order chi connectivity index (χ0) is 13.7. The summed E-state index contributed by atoms with van der Waals surface area (Å²) in [6, 6.07) is -0.0742. The highest BCUT2D eigenvalue weighted by Crippen LogP contribution is 2.27. The van der Waals surface area contributed by atoms with E-state index in [2.05, 4.69) is 13.8 Å². The molecular formula is C13H23NO3S. The number of carbonyl (C=O) groups excluding carboxylic acids is 2. The summed E-state index contributed by atoms with van der Waals surface area (Å²) in [5.74, 6) is 1.36. The minimum Gasteiger partial charge on any atom is -0.394 e. The normalized spacial score (nSPS) is 23.2. The molecule has 0 aromatic heterocycles. The van der Waals surface area contributed by atoms with Gasteiger partial charge in [0.2, 0.25) is 5.91 Å². The third-order valence-electron chi connectivity index (χ3n) is 3.65. The fourth-order valence-electron chi connectivity index (χ4n) is 2.33. The molecule has 0 spiro atoms. The van der Waals surface area contributed by atoms with E-state index in [9.17, 15) is 14.7 Å². The van der Waals surface area contributed by atoms with Gasteiger partial charge in [-0.1, -0.05) is 32.0 Å². The van der Waals surface area contributed by atoms with Crippen molar-refractivity contribution in [1.82, 2.24) is 4.90 Å². The maximum Gasteiger partial charge on any atom is 0.223 e. The van der Waals surface area contributed by atoms with Crippen LogP contribution in [0.1, 0.15) is 33.6 Å². The van der Waals surface area contributed by atoms with Gasteiger partial charge in [0.25, 0.3) is 0 Å². The number of aliphatic hydroxyl groups excluding tert-OH is 1. The van der Waals surface area contributed by atoms with Crippen LogP contribution in [0.2, 0.25) is 0 Å². The summed E-state index contributed by atoms with van der Waals surface area (Å²) < 4.78 is 0. The quantitative estimate of drug-likeness (QED) is 0.797. The van der Waals surface area contributed by atoms with Gasteiger partial charge in [0.1, 0.15) is 0 Å². The fraction of sp³-hybridized carbons (Fsp3) is 0.846. The molecule has 1 fully saturated rings. The number of nitrogens with zero attached hydrogens (tertiary/aromatic N) is 1. The molecule has 0 radical (unpaired) electrons. The van der Waals surface area contributed by atoms with Crippen LogP contribution >= 0.6 is 11.8 Å². The van der Waals surface area contributed by atoms with Crippen LogP contribution in [0.15, 0.2) is 0 Å². The van der Waals surface area contributed by atoms with E-state index >= 15 is 0 Å². The minimum atomic E-state index is -0.0742. The molecule has 1 aliphatic rings. The van der Waals surface area contributed by atoms with E-state index in [-0.39, 0.29) is 29.6 Å². The molecule has 1 aliphatic heterocycles. The second kappa shape index (κ2) is 7.14. The molecule has 3 atom stereocenters. The molecule has 1 N–H and O–H groups in total. The molecule has 1 saturated heterocycles. The maximum atomic E-state index is 12.0. The van der Waals surface area contributed by atoms with Gasteiger partial charge >= 0.3 is 0 Å². The molecule has 104 valence electrons. The monoisotopic (exact) mass is 273 g/mol. The Morgan fingerprint density at radius 2 is 2.28 bits per heavy atom. The van der Waals surface area contributed by atoms with E-state index < -0.39 is 0 Å². The minimum absolute atomic E-state index is 0.0211. The number of hydrogen-bond donors (Lipinski definition) is 1.